The number of carbonyl (C=O) groups is 2. The number of carboxylic acid groups (broad SMARTS) is 1. The molecule has 1 N–H and O–H groups in total. The Labute approximate surface area is 165 Å². The Bertz CT molecular complexity index is 1060. The number of benzene rings is 2. The van der Waals surface area contributed by atoms with Gasteiger partial charge in [0.1, 0.15) is 11.9 Å². The lowest BCUT2D eigenvalue weighted by Gasteiger charge is -2.34. The molecule has 0 saturated carbocycles. The van der Waals surface area contributed by atoms with Gasteiger partial charge in [0.25, 0.3) is 0 Å². The van der Waals surface area contributed by atoms with Gasteiger partial charge in [-0.15, -0.1) is 0 Å². The van der Waals surface area contributed by atoms with E-state index in [1.807, 2.05) is 29.2 Å². The predicted molar refractivity (Wildman–Crippen MR) is 103 cm³/mol. The summed E-state index contributed by atoms with van der Waals surface area (Å²) in [6.07, 6.45) is 3.06. The maximum Gasteiger partial charge on any atom is 0.338 e. The summed E-state index contributed by atoms with van der Waals surface area (Å²) < 4.78 is 5.44. The van der Waals surface area contributed by atoms with Gasteiger partial charge in [-0.05, 0) is 41.3 Å². The van der Waals surface area contributed by atoms with Crippen molar-refractivity contribution in [3.05, 3.63) is 68.9 Å². The molecule has 5 nitrogen and oxygen atoms in total. The molecule has 2 aromatic carbocycles. The van der Waals surface area contributed by atoms with Crippen LogP contribution >= 0.6 is 23.2 Å². The minimum absolute atomic E-state index is 0.0688. The van der Waals surface area contributed by atoms with Crippen LogP contribution in [-0.2, 0) is 17.8 Å². The highest BCUT2D eigenvalue weighted by atomic mass is 35.5. The van der Waals surface area contributed by atoms with E-state index < -0.39 is 12.0 Å². The maximum absolute atomic E-state index is 11.9. The number of furan rings is 1. The van der Waals surface area contributed by atoms with Crippen LogP contribution in [0.4, 0.5) is 0 Å². The van der Waals surface area contributed by atoms with E-state index in [2.05, 4.69) is 0 Å². The first kappa shape index (κ1) is 18.0. The molecule has 3 aromatic rings. The third-order valence-corrected chi connectivity index (χ3v) is 5.71. The highest BCUT2D eigenvalue weighted by Gasteiger charge is 2.29. The molecule has 1 unspecified atom stereocenters. The number of nitrogens with zero attached hydrogens (tertiary/aromatic N) is 1. The number of halogens is 2. The normalized spacial score (nSPS) is 15.5. The number of aldehydes is 1. The SMILES string of the molecule is O=CC(c1ccc2ccoc2c1)N1CCc2c(cc(Cl)c(C(=O)O)c2Cl)C1. The lowest BCUT2D eigenvalue weighted by Crippen LogP contribution is -2.35. The van der Waals surface area contributed by atoms with Gasteiger partial charge in [0, 0.05) is 18.5 Å². The zero-order chi connectivity index (χ0) is 19.1. The summed E-state index contributed by atoms with van der Waals surface area (Å²) in [5, 5.41) is 10.6. The van der Waals surface area contributed by atoms with Gasteiger partial charge in [-0.3, -0.25) is 4.90 Å². The van der Waals surface area contributed by atoms with Crippen molar-refractivity contribution in [1.82, 2.24) is 4.90 Å². The average molecular weight is 404 g/mol. The van der Waals surface area contributed by atoms with Crippen LogP contribution in [0, 0.1) is 0 Å². The number of fused-ring (bicyclic) bond motifs is 2. The molecule has 0 bridgehead atoms. The number of carboxylic acids is 1. The van der Waals surface area contributed by atoms with Crippen LogP contribution in [0.15, 0.2) is 41.0 Å². The fourth-order valence-corrected chi connectivity index (χ4v) is 4.39. The van der Waals surface area contributed by atoms with Crippen LogP contribution in [0.3, 0.4) is 0 Å². The fraction of sp³-hybridized carbons (Fsp3) is 0.200. The molecular formula is C20H15Cl2NO4. The largest absolute Gasteiger partial charge is 0.478 e. The quantitative estimate of drug-likeness (QED) is 0.637. The van der Waals surface area contributed by atoms with Crippen molar-refractivity contribution in [3.8, 4) is 0 Å². The zero-order valence-corrected chi connectivity index (χ0v) is 15.6. The Balaban J connectivity index is 1.68. The number of rotatable bonds is 4. The van der Waals surface area contributed by atoms with E-state index in [-0.39, 0.29) is 15.6 Å². The van der Waals surface area contributed by atoms with E-state index in [1.54, 1.807) is 12.3 Å². The third kappa shape index (κ3) is 3.12. The summed E-state index contributed by atoms with van der Waals surface area (Å²) >= 11 is 12.4. The fourth-order valence-electron chi connectivity index (χ4n) is 3.64. The van der Waals surface area contributed by atoms with Crippen molar-refractivity contribution >= 4 is 46.4 Å². The van der Waals surface area contributed by atoms with Crippen molar-refractivity contribution < 1.29 is 19.1 Å². The van der Waals surface area contributed by atoms with E-state index in [0.29, 0.717) is 19.5 Å². The van der Waals surface area contributed by atoms with Gasteiger partial charge in [-0.25, -0.2) is 4.79 Å². The lowest BCUT2D eigenvalue weighted by atomic mass is 9.94. The van der Waals surface area contributed by atoms with E-state index >= 15 is 0 Å². The average Bonchev–Trinajstić information content (AvgIpc) is 3.09. The molecule has 1 aliphatic rings. The first-order valence-electron chi connectivity index (χ1n) is 8.39. The highest BCUT2D eigenvalue weighted by Crippen LogP contribution is 2.36. The van der Waals surface area contributed by atoms with Gasteiger partial charge in [0.05, 0.1) is 27.9 Å². The van der Waals surface area contributed by atoms with Crippen molar-refractivity contribution in [1.29, 1.82) is 0 Å². The molecule has 1 aromatic heterocycles. The second-order valence-electron chi connectivity index (χ2n) is 6.51. The number of hydrogen-bond donors (Lipinski definition) is 1. The maximum atomic E-state index is 11.9. The molecule has 1 atom stereocenters. The summed E-state index contributed by atoms with van der Waals surface area (Å²) in [4.78, 5) is 25.3. The summed E-state index contributed by atoms with van der Waals surface area (Å²) in [5.41, 5.74) is 3.12. The standard InChI is InChI=1S/C20H15Cl2NO4/c21-15-7-13-9-23(5-3-14(13)19(22)18(15)20(25)26)16(10-24)12-2-1-11-4-6-27-17(11)8-12/h1-2,4,6-8,10,16H,3,5,9H2,(H,25,26). The van der Waals surface area contributed by atoms with Gasteiger partial charge in [0.2, 0.25) is 0 Å². The molecule has 0 radical (unpaired) electrons. The Morgan fingerprint density at radius 1 is 1.26 bits per heavy atom. The molecule has 0 aliphatic carbocycles. The second kappa shape index (κ2) is 7.00. The molecule has 0 saturated heterocycles. The molecule has 1 aliphatic heterocycles. The Morgan fingerprint density at radius 2 is 2.07 bits per heavy atom. The van der Waals surface area contributed by atoms with Gasteiger partial charge in [0.15, 0.2) is 0 Å². The van der Waals surface area contributed by atoms with Crippen molar-refractivity contribution in [2.75, 3.05) is 6.54 Å². The number of hydrogen-bond acceptors (Lipinski definition) is 4. The van der Waals surface area contributed by atoms with Gasteiger partial charge < -0.3 is 14.3 Å². The van der Waals surface area contributed by atoms with Crippen LogP contribution < -0.4 is 0 Å². The molecule has 0 amide bonds. The van der Waals surface area contributed by atoms with E-state index in [4.69, 9.17) is 27.6 Å². The van der Waals surface area contributed by atoms with Gasteiger partial charge in [-0.1, -0.05) is 35.3 Å². The Hall–Kier alpha value is -2.34. The first-order chi connectivity index (χ1) is 13.0. The summed E-state index contributed by atoms with van der Waals surface area (Å²) in [6, 6.07) is 8.78. The van der Waals surface area contributed by atoms with E-state index in [1.165, 1.54) is 0 Å². The first-order valence-corrected chi connectivity index (χ1v) is 9.14. The summed E-state index contributed by atoms with van der Waals surface area (Å²) in [6.45, 7) is 1.03. The number of aromatic carboxylic acids is 1. The third-order valence-electron chi connectivity index (χ3n) is 4.99. The summed E-state index contributed by atoms with van der Waals surface area (Å²) in [7, 11) is 0. The second-order valence-corrected chi connectivity index (χ2v) is 7.29. The molecule has 0 spiro atoms. The zero-order valence-electron chi connectivity index (χ0n) is 14.1. The van der Waals surface area contributed by atoms with Gasteiger partial charge in [-0.2, -0.15) is 0 Å². The Morgan fingerprint density at radius 3 is 2.81 bits per heavy atom. The van der Waals surface area contributed by atoms with Crippen LogP contribution in [0.1, 0.15) is 33.1 Å². The number of carbonyl (C=O) groups excluding carboxylic acids is 1. The molecule has 138 valence electrons. The van der Waals surface area contributed by atoms with Crippen LogP contribution in [0.25, 0.3) is 11.0 Å². The lowest BCUT2D eigenvalue weighted by molar-refractivity contribution is -0.113. The van der Waals surface area contributed by atoms with E-state index in [9.17, 15) is 14.7 Å². The van der Waals surface area contributed by atoms with Crippen molar-refractivity contribution in [3.63, 3.8) is 0 Å². The smallest absolute Gasteiger partial charge is 0.338 e. The van der Waals surface area contributed by atoms with Crippen molar-refractivity contribution in [2.24, 2.45) is 0 Å². The molecule has 4 rings (SSSR count). The molecule has 27 heavy (non-hydrogen) atoms. The Kier molecular flexibility index (Phi) is 4.68. The van der Waals surface area contributed by atoms with Gasteiger partial charge >= 0.3 is 5.97 Å². The van der Waals surface area contributed by atoms with Crippen molar-refractivity contribution in [2.45, 2.75) is 19.0 Å². The minimum atomic E-state index is -1.15. The molecular weight excluding hydrogens is 389 g/mol. The van der Waals surface area contributed by atoms with Crippen LogP contribution in [0.5, 0.6) is 0 Å². The summed E-state index contributed by atoms with van der Waals surface area (Å²) in [5.74, 6) is -1.15. The van der Waals surface area contributed by atoms with Crippen LogP contribution in [-0.4, -0.2) is 28.8 Å². The van der Waals surface area contributed by atoms with Crippen LogP contribution in [0.2, 0.25) is 10.0 Å². The minimum Gasteiger partial charge on any atom is -0.478 e. The molecule has 7 heteroatoms. The van der Waals surface area contributed by atoms with E-state index in [0.717, 1.165) is 33.9 Å². The highest BCUT2D eigenvalue weighted by molar-refractivity contribution is 6.39. The molecule has 0 fully saturated rings. The topological polar surface area (TPSA) is 70.8 Å². The monoisotopic (exact) mass is 403 g/mol. The predicted octanol–water partition coefficient (Wildman–Crippen LogP) is 4.74. The molecule has 2 heterocycles.